The second-order valence-electron chi connectivity index (χ2n) is 3.24. The fourth-order valence-corrected chi connectivity index (χ4v) is 1.34. The minimum atomic E-state index is 0.00370. The normalized spacial score (nSPS) is 9.87. The molecule has 2 nitrogen and oxygen atoms in total. The minimum Gasteiger partial charge on any atom is -0.399 e. The average Bonchev–Trinajstić information content (AvgIpc) is 2.30. The molecule has 2 rings (SSSR count). The highest BCUT2D eigenvalue weighted by atomic mass is 16.1. The Balaban J connectivity index is 2.33. The lowest BCUT2D eigenvalue weighted by Gasteiger charge is -2.00. The van der Waals surface area contributed by atoms with E-state index in [1.165, 1.54) is 0 Å². The van der Waals surface area contributed by atoms with Gasteiger partial charge in [0, 0.05) is 16.8 Å². The molecule has 2 aromatic carbocycles. The summed E-state index contributed by atoms with van der Waals surface area (Å²) in [6, 6.07) is 16.7. The molecular formula is C13H10NO. The van der Waals surface area contributed by atoms with Crippen molar-refractivity contribution >= 4 is 11.5 Å². The van der Waals surface area contributed by atoms with Crippen LogP contribution in [0, 0.1) is 6.07 Å². The molecular weight excluding hydrogens is 186 g/mol. The monoisotopic (exact) mass is 196 g/mol. The van der Waals surface area contributed by atoms with Crippen LogP contribution in [-0.4, -0.2) is 5.78 Å². The lowest BCUT2D eigenvalue weighted by Crippen LogP contribution is -2.00. The third-order valence-corrected chi connectivity index (χ3v) is 2.15. The van der Waals surface area contributed by atoms with Crippen molar-refractivity contribution in [2.75, 3.05) is 5.73 Å². The highest BCUT2D eigenvalue weighted by molar-refractivity contribution is 6.09. The molecule has 15 heavy (non-hydrogen) atoms. The Morgan fingerprint density at radius 1 is 0.933 bits per heavy atom. The number of rotatable bonds is 2. The summed E-state index contributed by atoms with van der Waals surface area (Å²) in [6.45, 7) is 0. The van der Waals surface area contributed by atoms with Crippen molar-refractivity contribution in [2.24, 2.45) is 0 Å². The van der Waals surface area contributed by atoms with Crippen molar-refractivity contribution < 1.29 is 4.79 Å². The molecule has 2 heteroatoms. The summed E-state index contributed by atoms with van der Waals surface area (Å²) < 4.78 is 0. The first-order valence-electron chi connectivity index (χ1n) is 4.64. The van der Waals surface area contributed by atoms with Crippen LogP contribution in [0.4, 0.5) is 5.69 Å². The molecule has 2 N–H and O–H groups in total. The molecule has 2 aromatic rings. The third-order valence-electron chi connectivity index (χ3n) is 2.15. The maximum atomic E-state index is 11.9. The predicted octanol–water partition coefficient (Wildman–Crippen LogP) is 2.30. The van der Waals surface area contributed by atoms with Crippen LogP contribution in [0.1, 0.15) is 15.9 Å². The predicted molar refractivity (Wildman–Crippen MR) is 59.6 cm³/mol. The van der Waals surface area contributed by atoms with Gasteiger partial charge in [-0.15, -0.1) is 0 Å². The number of ketones is 1. The molecule has 0 unspecified atom stereocenters. The molecule has 0 bridgehead atoms. The molecule has 0 heterocycles. The summed E-state index contributed by atoms with van der Waals surface area (Å²) in [4.78, 5) is 11.9. The van der Waals surface area contributed by atoms with E-state index in [1.54, 1.807) is 48.5 Å². The fourth-order valence-electron chi connectivity index (χ4n) is 1.34. The van der Waals surface area contributed by atoms with Crippen molar-refractivity contribution in [3.8, 4) is 0 Å². The number of carbonyl (C=O) groups excluding carboxylic acids is 1. The van der Waals surface area contributed by atoms with Gasteiger partial charge < -0.3 is 5.73 Å². The Morgan fingerprint density at radius 2 is 1.47 bits per heavy atom. The number of benzene rings is 2. The first-order chi connectivity index (χ1) is 7.27. The van der Waals surface area contributed by atoms with Crippen LogP contribution < -0.4 is 5.73 Å². The highest BCUT2D eigenvalue weighted by Crippen LogP contribution is 2.11. The zero-order chi connectivity index (χ0) is 10.7. The number of carbonyl (C=O) groups is 1. The summed E-state index contributed by atoms with van der Waals surface area (Å²) in [7, 11) is 0. The van der Waals surface area contributed by atoms with Crippen LogP contribution >= 0.6 is 0 Å². The Labute approximate surface area is 88.4 Å². The van der Waals surface area contributed by atoms with E-state index in [0.717, 1.165) is 0 Å². The summed E-state index contributed by atoms with van der Waals surface area (Å²) in [5, 5.41) is 0. The number of hydrogen-bond donors (Lipinski definition) is 1. The van der Waals surface area contributed by atoms with E-state index < -0.39 is 0 Å². The van der Waals surface area contributed by atoms with Gasteiger partial charge in [-0.3, -0.25) is 4.79 Å². The second kappa shape index (κ2) is 3.96. The molecule has 0 aliphatic heterocycles. The number of anilines is 1. The van der Waals surface area contributed by atoms with E-state index in [1.807, 2.05) is 0 Å². The molecule has 0 aromatic heterocycles. The topological polar surface area (TPSA) is 43.1 Å². The SMILES string of the molecule is Nc1ccc(C(=O)c2cc[c]cc2)cc1. The van der Waals surface area contributed by atoms with Gasteiger partial charge in [-0.1, -0.05) is 24.3 Å². The van der Waals surface area contributed by atoms with E-state index >= 15 is 0 Å². The van der Waals surface area contributed by atoms with Crippen molar-refractivity contribution in [1.29, 1.82) is 0 Å². The molecule has 1 radical (unpaired) electrons. The van der Waals surface area contributed by atoms with Gasteiger partial charge in [-0.25, -0.2) is 0 Å². The molecule has 0 atom stereocenters. The molecule has 73 valence electrons. The lowest BCUT2D eigenvalue weighted by molar-refractivity contribution is 0.103. The molecule has 0 aliphatic rings. The second-order valence-corrected chi connectivity index (χ2v) is 3.24. The zero-order valence-electron chi connectivity index (χ0n) is 8.10. The largest absolute Gasteiger partial charge is 0.399 e. The van der Waals surface area contributed by atoms with Crippen LogP contribution in [-0.2, 0) is 0 Å². The standard InChI is InChI=1S/C13H10NO/c14-12-8-6-11(7-9-12)13(15)10-4-2-1-3-5-10/h2-9H,14H2. The fraction of sp³-hybridized carbons (Fsp3) is 0. The van der Waals surface area contributed by atoms with Crippen molar-refractivity contribution in [2.45, 2.75) is 0 Å². The molecule has 0 amide bonds. The van der Waals surface area contributed by atoms with Crippen LogP contribution in [0.15, 0.2) is 48.5 Å². The summed E-state index contributed by atoms with van der Waals surface area (Å²) in [6.07, 6.45) is 0. The average molecular weight is 196 g/mol. The molecule has 0 fully saturated rings. The van der Waals surface area contributed by atoms with Gasteiger partial charge in [0.1, 0.15) is 0 Å². The van der Waals surface area contributed by atoms with Crippen LogP contribution in [0.3, 0.4) is 0 Å². The zero-order valence-corrected chi connectivity index (χ0v) is 8.10. The summed E-state index contributed by atoms with van der Waals surface area (Å²) in [5.74, 6) is 0.00370. The lowest BCUT2D eigenvalue weighted by atomic mass is 10.0. The Bertz CT molecular complexity index is 460. The van der Waals surface area contributed by atoms with Gasteiger partial charge in [0.15, 0.2) is 5.78 Å². The van der Waals surface area contributed by atoms with Gasteiger partial charge in [0.2, 0.25) is 0 Å². The smallest absolute Gasteiger partial charge is 0.193 e. The minimum absolute atomic E-state index is 0.00370. The van der Waals surface area contributed by atoms with Crippen LogP contribution in [0.5, 0.6) is 0 Å². The van der Waals surface area contributed by atoms with Crippen molar-refractivity contribution in [3.63, 3.8) is 0 Å². The third kappa shape index (κ3) is 2.05. The molecule has 0 spiro atoms. The maximum Gasteiger partial charge on any atom is 0.193 e. The maximum absolute atomic E-state index is 11.9. The van der Waals surface area contributed by atoms with Gasteiger partial charge in [-0.05, 0) is 30.3 Å². The van der Waals surface area contributed by atoms with Crippen molar-refractivity contribution in [1.82, 2.24) is 0 Å². The van der Waals surface area contributed by atoms with E-state index in [0.29, 0.717) is 16.8 Å². The Kier molecular flexibility index (Phi) is 2.50. The van der Waals surface area contributed by atoms with Crippen molar-refractivity contribution in [3.05, 3.63) is 65.7 Å². The molecule has 0 aliphatic carbocycles. The Hall–Kier alpha value is -2.09. The van der Waals surface area contributed by atoms with Crippen LogP contribution in [0.2, 0.25) is 0 Å². The van der Waals surface area contributed by atoms with E-state index in [9.17, 15) is 4.79 Å². The quantitative estimate of drug-likeness (QED) is 0.591. The molecule has 0 saturated carbocycles. The van der Waals surface area contributed by atoms with E-state index in [-0.39, 0.29) is 5.78 Å². The Morgan fingerprint density at radius 3 is 2.07 bits per heavy atom. The van der Waals surface area contributed by atoms with Gasteiger partial charge in [0.05, 0.1) is 0 Å². The number of hydrogen-bond acceptors (Lipinski definition) is 2. The van der Waals surface area contributed by atoms with Gasteiger partial charge >= 0.3 is 0 Å². The van der Waals surface area contributed by atoms with Gasteiger partial charge in [-0.2, -0.15) is 0 Å². The summed E-state index contributed by atoms with van der Waals surface area (Å²) >= 11 is 0. The molecule has 0 saturated heterocycles. The van der Waals surface area contributed by atoms with Crippen LogP contribution in [0.25, 0.3) is 0 Å². The first kappa shape index (κ1) is 9.46. The first-order valence-corrected chi connectivity index (χ1v) is 4.64. The van der Waals surface area contributed by atoms with E-state index in [2.05, 4.69) is 6.07 Å². The van der Waals surface area contributed by atoms with E-state index in [4.69, 9.17) is 5.73 Å². The van der Waals surface area contributed by atoms with Gasteiger partial charge in [0.25, 0.3) is 0 Å². The highest BCUT2D eigenvalue weighted by Gasteiger charge is 2.07. The summed E-state index contributed by atoms with van der Waals surface area (Å²) in [5.41, 5.74) is 7.52. The number of nitrogens with two attached hydrogens (primary N) is 1. The number of nitrogen functional groups attached to an aromatic ring is 1.